The third-order valence-electron chi connectivity index (χ3n) is 6.99. The number of carbonyl (C=O) groups is 4. The van der Waals surface area contributed by atoms with Crippen LogP contribution in [-0.2, 0) is 25.6 Å². The number of hydrogen-bond donors (Lipinski definition) is 4. The van der Waals surface area contributed by atoms with Gasteiger partial charge in [-0.2, -0.15) is 0 Å². The Morgan fingerprint density at radius 2 is 1.67 bits per heavy atom. The van der Waals surface area contributed by atoms with Crippen LogP contribution < -0.4 is 16.4 Å². The maximum atomic E-state index is 14.1. The van der Waals surface area contributed by atoms with Gasteiger partial charge in [0.1, 0.15) is 11.2 Å². The molecule has 1 fully saturated rings. The van der Waals surface area contributed by atoms with Crippen molar-refractivity contribution in [3.05, 3.63) is 35.9 Å². The molecule has 1 saturated carbocycles. The molecule has 0 aromatic heterocycles. The normalized spacial score (nSPS) is 24.2. The Morgan fingerprint density at radius 1 is 1.06 bits per heavy atom. The molecule has 1 aromatic rings. The zero-order valence-corrected chi connectivity index (χ0v) is 22.4. The van der Waals surface area contributed by atoms with Crippen molar-refractivity contribution in [3.63, 3.8) is 0 Å². The summed E-state index contributed by atoms with van der Waals surface area (Å²) in [6.45, 7) is 11.4. The van der Waals surface area contributed by atoms with E-state index in [-0.39, 0.29) is 24.7 Å². The average Bonchev–Trinajstić information content (AvgIpc) is 2.78. The molecule has 0 spiro atoms. The van der Waals surface area contributed by atoms with Crippen molar-refractivity contribution in [2.45, 2.75) is 79.0 Å². The van der Waals surface area contributed by atoms with Gasteiger partial charge in [-0.05, 0) is 29.7 Å². The molecule has 8 heteroatoms. The van der Waals surface area contributed by atoms with E-state index in [9.17, 15) is 24.3 Å². The number of aliphatic hydroxyl groups excluding tert-OH is 1. The predicted octanol–water partition coefficient (Wildman–Crippen LogP) is 2.02. The lowest BCUT2D eigenvalue weighted by molar-refractivity contribution is -0.168. The van der Waals surface area contributed by atoms with Crippen LogP contribution in [0.5, 0.6) is 0 Å². The number of nitrogens with two attached hydrogens (primary N) is 1. The summed E-state index contributed by atoms with van der Waals surface area (Å²) in [4.78, 5) is 54.2. The summed E-state index contributed by atoms with van der Waals surface area (Å²) in [7, 11) is 0. The highest BCUT2D eigenvalue weighted by molar-refractivity contribution is 6.16. The van der Waals surface area contributed by atoms with E-state index in [0.717, 1.165) is 5.56 Å². The van der Waals surface area contributed by atoms with Crippen LogP contribution in [0.1, 0.15) is 59.9 Å². The summed E-state index contributed by atoms with van der Waals surface area (Å²) in [5, 5.41) is 16.8. The van der Waals surface area contributed by atoms with E-state index in [2.05, 4.69) is 10.6 Å². The van der Waals surface area contributed by atoms with Crippen molar-refractivity contribution in [1.29, 1.82) is 0 Å². The quantitative estimate of drug-likeness (QED) is 0.342. The maximum absolute atomic E-state index is 14.1. The number of ketones is 2. The van der Waals surface area contributed by atoms with Gasteiger partial charge >= 0.3 is 0 Å². The first kappa shape index (κ1) is 29.6. The lowest BCUT2D eigenvalue weighted by atomic mass is 9.55. The average molecular weight is 502 g/mol. The molecule has 1 aliphatic rings. The Balaban J connectivity index is 2.47. The van der Waals surface area contributed by atoms with Crippen LogP contribution in [0.25, 0.3) is 0 Å². The van der Waals surface area contributed by atoms with E-state index in [1.807, 2.05) is 45.9 Å². The second-order valence-corrected chi connectivity index (χ2v) is 11.2. The van der Waals surface area contributed by atoms with Crippen LogP contribution in [-0.4, -0.2) is 53.2 Å². The predicted molar refractivity (Wildman–Crippen MR) is 139 cm³/mol. The number of hydrogen-bond acceptors (Lipinski definition) is 6. The molecule has 0 saturated heterocycles. The molecule has 1 aromatic carbocycles. The summed E-state index contributed by atoms with van der Waals surface area (Å²) >= 11 is 0. The third-order valence-corrected chi connectivity index (χ3v) is 6.99. The van der Waals surface area contributed by atoms with E-state index in [1.165, 1.54) is 0 Å². The van der Waals surface area contributed by atoms with Crippen LogP contribution in [0.4, 0.5) is 0 Å². The fourth-order valence-electron chi connectivity index (χ4n) is 5.25. The number of Topliss-reactive ketones (excluding diaryl/α,β-unsaturated/α-hetero) is 2. The van der Waals surface area contributed by atoms with Crippen molar-refractivity contribution in [2.24, 2.45) is 34.8 Å². The first-order valence-electron chi connectivity index (χ1n) is 12.9. The van der Waals surface area contributed by atoms with Gasteiger partial charge in [0.15, 0.2) is 5.78 Å². The van der Waals surface area contributed by atoms with Gasteiger partial charge in [-0.25, -0.2) is 0 Å². The Kier molecular flexibility index (Phi) is 10.4. The van der Waals surface area contributed by atoms with Gasteiger partial charge in [0.2, 0.25) is 11.8 Å². The first-order valence-corrected chi connectivity index (χ1v) is 12.9. The SMILES string of the molecule is CC(C)CNC(=O)[C@]1(C(C)C)C(=O)[C@@H](NC(=O)Cc2ccccc2)CC(=O)C1[C@H](O)[C@@H](N)CC(C)C. The zero-order valence-electron chi connectivity index (χ0n) is 22.4. The van der Waals surface area contributed by atoms with E-state index in [0.29, 0.717) is 13.0 Å². The number of amides is 2. The fourth-order valence-corrected chi connectivity index (χ4v) is 5.25. The number of nitrogens with one attached hydrogen (secondary N) is 2. The minimum absolute atomic E-state index is 0.0400. The third kappa shape index (κ3) is 6.59. The Labute approximate surface area is 214 Å². The van der Waals surface area contributed by atoms with E-state index < -0.39 is 58.8 Å². The smallest absolute Gasteiger partial charge is 0.234 e. The Hall–Kier alpha value is -2.58. The number of benzene rings is 1. The lowest BCUT2D eigenvalue weighted by Crippen LogP contribution is -2.69. The van der Waals surface area contributed by atoms with Crippen LogP contribution in [0, 0.1) is 29.1 Å². The van der Waals surface area contributed by atoms with Gasteiger partial charge in [-0.3, -0.25) is 19.2 Å². The standard InChI is InChI=1S/C28H43N3O5/c1-16(2)12-20(29)25(34)24-22(32)14-21(31-23(33)13-19-10-8-7-9-11-19)26(35)28(24,18(5)6)27(36)30-15-17(3)4/h7-11,16-18,20-21,24-25,34H,12-15,29H2,1-6H3,(H,30,36)(H,31,33)/t20-,21-,24?,25+,28-/m0/s1. The molecule has 0 radical (unpaired) electrons. The summed E-state index contributed by atoms with van der Waals surface area (Å²) in [6, 6.07) is 7.12. The molecule has 36 heavy (non-hydrogen) atoms. The molecule has 5 N–H and O–H groups in total. The molecule has 1 unspecified atom stereocenters. The fraction of sp³-hybridized carbons (Fsp3) is 0.643. The van der Waals surface area contributed by atoms with Gasteiger partial charge in [-0.15, -0.1) is 0 Å². The van der Waals surface area contributed by atoms with Gasteiger partial charge in [0.25, 0.3) is 0 Å². The lowest BCUT2D eigenvalue weighted by Gasteiger charge is -2.48. The van der Waals surface area contributed by atoms with E-state index in [4.69, 9.17) is 5.73 Å². The van der Waals surface area contributed by atoms with Gasteiger partial charge in [-0.1, -0.05) is 71.9 Å². The van der Waals surface area contributed by atoms with Gasteiger partial charge < -0.3 is 21.5 Å². The molecule has 5 atom stereocenters. The van der Waals surface area contributed by atoms with E-state index >= 15 is 0 Å². The van der Waals surface area contributed by atoms with Crippen molar-refractivity contribution in [2.75, 3.05) is 6.54 Å². The number of rotatable bonds is 11. The summed E-state index contributed by atoms with van der Waals surface area (Å²) in [6.07, 6.45) is -1.20. The molecule has 2 amide bonds. The summed E-state index contributed by atoms with van der Waals surface area (Å²) in [5.74, 6) is -3.68. The highest BCUT2D eigenvalue weighted by Crippen LogP contribution is 2.46. The van der Waals surface area contributed by atoms with E-state index in [1.54, 1.807) is 26.0 Å². The summed E-state index contributed by atoms with van der Waals surface area (Å²) < 4.78 is 0. The Morgan fingerprint density at radius 3 is 2.19 bits per heavy atom. The molecule has 1 aliphatic carbocycles. The molecule has 8 nitrogen and oxygen atoms in total. The van der Waals surface area contributed by atoms with Crippen LogP contribution >= 0.6 is 0 Å². The second-order valence-electron chi connectivity index (χ2n) is 11.2. The highest BCUT2D eigenvalue weighted by Gasteiger charge is 2.64. The molecule has 2 rings (SSSR count). The van der Waals surface area contributed by atoms with Crippen LogP contribution in [0.3, 0.4) is 0 Å². The second kappa shape index (κ2) is 12.6. The van der Waals surface area contributed by atoms with Crippen molar-refractivity contribution in [3.8, 4) is 0 Å². The van der Waals surface area contributed by atoms with Crippen molar-refractivity contribution in [1.82, 2.24) is 10.6 Å². The van der Waals surface area contributed by atoms with Gasteiger partial charge in [0, 0.05) is 19.0 Å². The highest BCUT2D eigenvalue weighted by atomic mass is 16.3. The Bertz CT molecular complexity index is 930. The minimum atomic E-state index is -1.86. The molecular formula is C28H43N3O5. The molecule has 0 aliphatic heterocycles. The maximum Gasteiger partial charge on any atom is 0.234 e. The molecule has 0 heterocycles. The van der Waals surface area contributed by atoms with Gasteiger partial charge in [0.05, 0.1) is 24.5 Å². The number of aliphatic hydroxyl groups is 1. The minimum Gasteiger partial charge on any atom is -0.391 e. The van der Waals surface area contributed by atoms with Crippen molar-refractivity contribution >= 4 is 23.4 Å². The largest absolute Gasteiger partial charge is 0.391 e. The number of carbonyl (C=O) groups excluding carboxylic acids is 4. The molecular weight excluding hydrogens is 458 g/mol. The topological polar surface area (TPSA) is 139 Å². The van der Waals surface area contributed by atoms with Crippen LogP contribution in [0.2, 0.25) is 0 Å². The molecule has 200 valence electrons. The van der Waals surface area contributed by atoms with Crippen molar-refractivity contribution < 1.29 is 24.3 Å². The monoisotopic (exact) mass is 501 g/mol. The zero-order chi connectivity index (χ0) is 27.2. The molecule has 0 bridgehead atoms. The summed E-state index contributed by atoms with van der Waals surface area (Å²) in [5.41, 5.74) is 5.19. The van der Waals surface area contributed by atoms with Crippen LogP contribution in [0.15, 0.2) is 30.3 Å². The first-order chi connectivity index (χ1) is 16.8.